The summed E-state index contributed by atoms with van der Waals surface area (Å²) in [5.74, 6) is 0. The molecule has 0 unspecified atom stereocenters. The van der Waals surface area contributed by atoms with Gasteiger partial charge >= 0.3 is 5.69 Å². The van der Waals surface area contributed by atoms with Crippen molar-refractivity contribution < 1.29 is 0 Å². The monoisotopic (exact) mass is 195 g/mol. The van der Waals surface area contributed by atoms with Crippen LogP contribution in [0, 0.1) is 4.91 Å². The van der Waals surface area contributed by atoms with E-state index in [4.69, 9.17) is 0 Å². The molecule has 0 aliphatic heterocycles. The van der Waals surface area contributed by atoms with E-state index < -0.39 is 11.2 Å². The molecule has 2 aromatic heterocycles. The second-order valence-corrected chi connectivity index (χ2v) is 2.66. The molecule has 8 heteroatoms. The lowest BCUT2D eigenvalue weighted by Crippen LogP contribution is -2.28. The highest BCUT2D eigenvalue weighted by Crippen LogP contribution is 2.03. The van der Waals surface area contributed by atoms with Gasteiger partial charge in [-0.2, -0.15) is 4.68 Å². The maximum atomic E-state index is 11.3. The zero-order chi connectivity index (χ0) is 10.3. The third kappa shape index (κ3) is 0.903. The van der Waals surface area contributed by atoms with Gasteiger partial charge in [-0.1, -0.05) is 0 Å². The predicted molar refractivity (Wildman–Crippen MR) is 46.8 cm³/mol. The Labute approximate surface area is 75.8 Å². The molecule has 14 heavy (non-hydrogen) atoms. The third-order valence-corrected chi connectivity index (χ3v) is 1.88. The normalized spacial score (nSPS) is 10.6. The van der Waals surface area contributed by atoms with Gasteiger partial charge in [0.2, 0.25) is 0 Å². The van der Waals surface area contributed by atoms with Crippen molar-refractivity contribution in [1.29, 1.82) is 0 Å². The zero-order valence-corrected chi connectivity index (χ0v) is 7.09. The second-order valence-electron chi connectivity index (χ2n) is 2.66. The van der Waals surface area contributed by atoms with Crippen LogP contribution in [0.25, 0.3) is 11.2 Å². The van der Waals surface area contributed by atoms with E-state index in [1.807, 2.05) is 4.98 Å². The van der Waals surface area contributed by atoms with Crippen LogP contribution in [0.2, 0.25) is 0 Å². The maximum Gasteiger partial charge on any atom is 0.329 e. The van der Waals surface area contributed by atoms with Gasteiger partial charge in [0.05, 0.1) is 5.29 Å². The van der Waals surface area contributed by atoms with Crippen molar-refractivity contribution in [3.8, 4) is 0 Å². The SMILES string of the molecule is Cn1c(=O)[nH]c(=O)c2c1ncn2N=O. The highest BCUT2D eigenvalue weighted by Gasteiger charge is 2.10. The summed E-state index contributed by atoms with van der Waals surface area (Å²) in [4.78, 5) is 38.4. The van der Waals surface area contributed by atoms with Gasteiger partial charge in [-0.25, -0.2) is 9.78 Å². The molecule has 0 saturated carbocycles. The van der Waals surface area contributed by atoms with Crippen molar-refractivity contribution in [2.24, 2.45) is 12.3 Å². The van der Waals surface area contributed by atoms with Crippen molar-refractivity contribution in [2.45, 2.75) is 0 Å². The first-order valence-corrected chi connectivity index (χ1v) is 3.65. The van der Waals surface area contributed by atoms with E-state index >= 15 is 0 Å². The first-order valence-electron chi connectivity index (χ1n) is 3.65. The molecule has 0 radical (unpaired) electrons. The number of H-pyrrole nitrogens is 1. The van der Waals surface area contributed by atoms with E-state index in [0.717, 1.165) is 15.6 Å². The average Bonchev–Trinajstić information content (AvgIpc) is 2.58. The Kier molecular flexibility index (Phi) is 1.56. The number of nitrogens with one attached hydrogen (secondary N) is 1. The van der Waals surface area contributed by atoms with E-state index in [1.54, 1.807) is 0 Å². The van der Waals surface area contributed by atoms with Crippen molar-refractivity contribution in [3.63, 3.8) is 0 Å². The van der Waals surface area contributed by atoms with Crippen molar-refractivity contribution in [1.82, 2.24) is 19.2 Å². The van der Waals surface area contributed by atoms with Gasteiger partial charge in [-0.05, 0) is 0 Å². The summed E-state index contributed by atoms with van der Waals surface area (Å²) in [6.07, 6.45) is 1.08. The first kappa shape index (κ1) is 8.35. The lowest BCUT2D eigenvalue weighted by atomic mass is 10.5. The van der Waals surface area contributed by atoms with Gasteiger partial charge in [0.25, 0.3) is 5.56 Å². The number of imidazole rings is 1. The molecule has 2 rings (SSSR count). The molecule has 0 aromatic carbocycles. The molecule has 0 aliphatic rings. The minimum Gasteiger partial charge on any atom is -0.279 e. The van der Waals surface area contributed by atoms with E-state index in [2.05, 4.69) is 10.3 Å². The molecule has 0 aliphatic carbocycles. The van der Waals surface area contributed by atoms with Crippen LogP contribution in [-0.4, -0.2) is 19.2 Å². The number of hydrogen-bond acceptors (Lipinski definition) is 5. The molecule has 1 N–H and O–H groups in total. The molecule has 0 spiro atoms. The summed E-state index contributed by atoms with van der Waals surface area (Å²) >= 11 is 0. The Morgan fingerprint density at radius 3 is 2.86 bits per heavy atom. The second kappa shape index (κ2) is 2.62. The number of fused-ring (bicyclic) bond motifs is 1. The summed E-state index contributed by atoms with van der Waals surface area (Å²) in [7, 11) is 1.43. The molecular weight excluding hydrogens is 190 g/mol. The first-order chi connectivity index (χ1) is 6.65. The Morgan fingerprint density at radius 1 is 1.50 bits per heavy atom. The number of aromatic amines is 1. The Balaban J connectivity index is 3.13. The quantitative estimate of drug-likeness (QED) is 0.586. The van der Waals surface area contributed by atoms with Crippen LogP contribution in [0.15, 0.2) is 21.2 Å². The van der Waals surface area contributed by atoms with Crippen LogP contribution in [0.4, 0.5) is 0 Å². The third-order valence-electron chi connectivity index (χ3n) is 1.88. The Morgan fingerprint density at radius 2 is 2.21 bits per heavy atom. The summed E-state index contributed by atoms with van der Waals surface area (Å²) in [6, 6.07) is 0. The lowest BCUT2D eigenvalue weighted by Gasteiger charge is -1.95. The number of hydrogen-bond donors (Lipinski definition) is 1. The zero-order valence-electron chi connectivity index (χ0n) is 7.09. The molecule has 2 aromatic rings. The van der Waals surface area contributed by atoms with Crippen molar-refractivity contribution in [3.05, 3.63) is 32.1 Å². The highest BCUT2D eigenvalue weighted by molar-refractivity contribution is 5.69. The van der Waals surface area contributed by atoms with E-state index in [-0.39, 0.29) is 11.2 Å². The fourth-order valence-corrected chi connectivity index (χ4v) is 1.18. The fourth-order valence-electron chi connectivity index (χ4n) is 1.18. The number of nitroso groups, excluding NO2 is 1. The fraction of sp³-hybridized carbons (Fsp3) is 0.167. The van der Waals surface area contributed by atoms with Crippen molar-refractivity contribution in [2.75, 3.05) is 0 Å². The van der Waals surface area contributed by atoms with Gasteiger partial charge < -0.3 is 0 Å². The Hall–Kier alpha value is -2.25. The molecule has 72 valence electrons. The maximum absolute atomic E-state index is 11.3. The van der Waals surface area contributed by atoms with Crippen molar-refractivity contribution >= 4 is 11.2 Å². The molecule has 0 atom stereocenters. The van der Waals surface area contributed by atoms with Crippen LogP contribution < -0.4 is 11.2 Å². The molecule has 0 amide bonds. The summed E-state index contributed by atoms with van der Waals surface area (Å²) in [5, 5.41) is 2.56. The Bertz CT molecular complexity index is 618. The molecular formula is C6H5N5O3. The smallest absolute Gasteiger partial charge is 0.279 e. The molecule has 8 nitrogen and oxygen atoms in total. The van der Waals surface area contributed by atoms with Crippen LogP contribution in [0.5, 0.6) is 0 Å². The van der Waals surface area contributed by atoms with E-state index in [1.165, 1.54) is 7.05 Å². The summed E-state index contributed by atoms with van der Waals surface area (Å²) in [5.41, 5.74) is -1.18. The molecule has 0 fully saturated rings. The van der Waals surface area contributed by atoms with Gasteiger partial charge in [-0.15, -0.1) is 4.91 Å². The molecule has 0 saturated heterocycles. The number of aryl methyl sites for hydroxylation is 1. The van der Waals surface area contributed by atoms with Crippen LogP contribution >= 0.6 is 0 Å². The van der Waals surface area contributed by atoms with E-state index in [9.17, 15) is 14.5 Å². The standard InChI is InChI=1S/C6H5N5O3/c1-10-4-3(5(12)8-6(10)13)11(9-14)2-7-4/h2H,1H3,(H,8,12,13). The number of aromatic nitrogens is 4. The van der Waals surface area contributed by atoms with Gasteiger partial charge in [0.1, 0.15) is 6.33 Å². The topological polar surface area (TPSA) is 102 Å². The van der Waals surface area contributed by atoms with Crippen LogP contribution in [0.3, 0.4) is 0 Å². The number of nitrogens with zero attached hydrogens (tertiary/aromatic N) is 4. The minimum atomic E-state index is -0.680. The minimum absolute atomic E-state index is 0.0397. The average molecular weight is 195 g/mol. The highest BCUT2D eigenvalue weighted by atomic mass is 16.3. The van der Waals surface area contributed by atoms with E-state index in [0.29, 0.717) is 0 Å². The van der Waals surface area contributed by atoms with Gasteiger partial charge in [0.15, 0.2) is 11.2 Å². The van der Waals surface area contributed by atoms with Crippen LogP contribution in [0.1, 0.15) is 0 Å². The lowest BCUT2D eigenvalue weighted by molar-refractivity contribution is 0.826. The summed E-state index contributed by atoms with van der Waals surface area (Å²) < 4.78 is 1.89. The number of rotatable bonds is 1. The molecule has 0 bridgehead atoms. The van der Waals surface area contributed by atoms with Crippen LogP contribution in [-0.2, 0) is 7.05 Å². The largest absolute Gasteiger partial charge is 0.329 e. The van der Waals surface area contributed by atoms with Gasteiger partial charge in [0, 0.05) is 7.05 Å². The van der Waals surface area contributed by atoms with Gasteiger partial charge in [-0.3, -0.25) is 14.3 Å². The molecule has 2 heterocycles. The predicted octanol–water partition coefficient (Wildman–Crippen LogP) is -1.05. The summed E-state index contributed by atoms with van der Waals surface area (Å²) in [6.45, 7) is 0.